The smallest absolute Gasteiger partial charge is 0.348 e. The minimum Gasteiger partial charge on any atom is -0.491 e. The molecule has 0 unspecified atom stereocenters. The maximum atomic E-state index is 14.9. The van der Waals surface area contributed by atoms with Crippen LogP contribution in [0.15, 0.2) is 60.9 Å². The molecule has 0 amide bonds. The number of carbonyl (C=O) groups is 1. The number of hydrogen-bond donors (Lipinski definition) is 0. The standard InChI is InChI=1S/C35H46F2N2O3/c1-4-6-8-10-11-13-23-35(3,37)34(40)42-32-21-15-27(16-22-32)29-24-38-33(39-25-29)28-17-19-31(20-18-28)41-26-30(36)14-12-9-7-5-2/h15-22,24-25,30H,4-14,23,26H2,1-3H3/t30-,35+/m1/s1. The molecule has 3 aromatic rings. The Bertz CT molecular complexity index is 1180. The van der Waals surface area contributed by atoms with Gasteiger partial charge < -0.3 is 9.47 Å². The van der Waals surface area contributed by atoms with Crippen LogP contribution in [-0.2, 0) is 4.79 Å². The third kappa shape index (κ3) is 11.1. The van der Waals surface area contributed by atoms with E-state index in [0.717, 1.165) is 61.6 Å². The zero-order valence-corrected chi connectivity index (χ0v) is 25.4. The van der Waals surface area contributed by atoms with Gasteiger partial charge in [-0.05, 0) is 68.1 Å². The average molecular weight is 581 g/mol. The van der Waals surface area contributed by atoms with Gasteiger partial charge in [-0.1, -0.05) is 83.8 Å². The monoisotopic (exact) mass is 580 g/mol. The highest BCUT2D eigenvalue weighted by Crippen LogP contribution is 2.27. The molecule has 0 radical (unpaired) electrons. The first-order chi connectivity index (χ1) is 20.3. The second kappa shape index (κ2) is 17.6. The Labute approximate surface area is 250 Å². The highest BCUT2D eigenvalue weighted by atomic mass is 19.1. The topological polar surface area (TPSA) is 61.3 Å². The Hall–Kier alpha value is -3.35. The lowest BCUT2D eigenvalue weighted by molar-refractivity contribution is -0.147. The van der Waals surface area contributed by atoms with Crippen molar-refractivity contribution in [3.05, 3.63) is 60.9 Å². The normalized spacial score (nSPS) is 13.4. The number of nitrogens with zero attached hydrogens (tertiary/aromatic N) is 2. The molecule has 0 fully saturated rings. The number of alkyl halides is 2. The lowest BCUT2D eigenvalue weighted by Crippen LogP contribution is -2.34. The van der Waals surface area contributed by atoms with Gasteiger partial charge in [0.15, 0.2) is 5.82 Å². The molecule has 1 aromatic heterocycles. The number of unbranched alkanes of at least 4 members (excludes halogenated alkanes) is 8. The molecule has 228 valence electrons. The molecule has 5 nitrogen and oxygen atoms in total. The zero-order valence-electron chi connectivity index (χ0n) is 25.4. The van der Waals surface area contributed by atoms with Crippen molar-refractivity contribution >= 4 is 5.97 Å². The fourth-order valence-corrected chi connectivity index (χ4v) is 4.66. The molecule has 42 heavy (non-hydrogen) atoms. The second-order valence-electron chi connectivity index (χ2n) is 11.2. The molecule has 7 heteroatoms. The minimum absolute atomic E-state index is 0.0565. The Morgan fingerprint density at radius 1 is 0.762 bits per heavy atom. The summed E-state index contributed by atoms with van der Waals surface area (Å²) in [6, 6.07) is 14.2. The molecule has 0 aliphatic rings. The molecule has 3 rings (SSSR count). The maximum Gasteiger partial charge on any atom is 0.348 e. The van der Waals surface area contributed by atoms with Crippen molar-refractivity contribution in [1.82, 2.24) is 9.97 Å². The van der Waals surface area contributed by atoms with Crippen molar-refractivity contribution in [2.75, 3.05) is 6.61 Å². The first-order valence-corrected chi connectivity index (χ1v) is 15.5. The Kier molecular flexibility index (Phi) is 13.9. The van der Waals surface area contributed by atoms with Crippen LogP contribution >= 0.6 is 0 Å². The van der Waals surface area contributed by atoms with Crippen molar-refractivity contribution in [3.63, 3.8) is 0 Å². The van der Waals surface area contributed by atoms with Crippen molar-refractivity contribution in [3.8, 4) is 34.0 Å². The summed E-state index contributed by atoms with van der Waals surface area (Å²) in [4.78, 5) is 21.4. The molecule has 0 saturated heterocycles. The maximum absolute atomic E-state index is 14.9. The molecule has 0 aliphatic carbocycles. The van der Waals surface area contributed by atoms with E-state index in [2.05, 4.69) is 23.8 Å². The fraction of sp³-hybridized carbons (Fsp3) is 0.514. The van der Waals surface area contributed by atoms with Gasteiger partial charge in [-0.25, -0.2) is 23.5 Å². The Morgan fingerprint density at radius 3 is 1.95 bits per heavy atom. The predicted octanol–water partition coefficient (Wildman–Crippen LogP) is 9.88. The number of hydrogen-bond acceptors (Lipinski definition) is 5. The SMILES string of the molecule is CCCCCCCC[C@](C)(F)C(=O)Oc1ccc(-c2cnc(-c3ccc(OC[C@H](F)CCCCCC)cc3)nc2)cc1. The molecule has 1 heterocycles. The number of ether oxygens (including phenoxy) is 2. The molecule has 0 aliphatic heterocycles. The summed E-state index contributed by atoms with van der Waals surface area (Å²) in [7, 11) is 0. The number of rotatable bonds is 19. The highest BCUT2D eigenvalue weighted by Gasteiger charge is 2.34. The summed E-state index contributed by atoms with van der Waals surface area (Å²) >= 11 is 0. The van der Waals surface area contributed by atoms with E-state index in [9.17, 15) is 13.6 Å². The van der Waals surface area contributed by atoms with Crippen molar-refractivity contribution in [2.45, 2.75) is 110 Å². The van der Waals surface area contributed by atoms with Crippen LogP contribution in [0.4, 0.5) is 8.78 Å². The highest BCUT2D eigenvalue weighted by molar-refractivity contribution is 5.81. The lowest BCUT2D eigenvalue weighted by atomic mass is 9.99. The van der Waals surface area contributed by atoms with E-state index in [1.54, 1.807) is 48.8 Å². The fourth-order valence-electron chi connectivity index (χ4n) is 4.66. The van der Waals surface area contributed by atoms with Crippen molar-refractivity contribution < 1.29 is 23.0 Å². The number of halogens is 2. The van der Waals surface area contributed by atoms with Gasteiger partial charge in [-0.2, -0.15) is 0 Å². The molecule has 2 atom stereocenters. The predicted molar refractivity (Wildman–Crippen MR) is 165 cm³/mol. The van der Waals surface area contributed by atoms with Gasteiger partial charge in [-0.3, -0.25) is 0 Å². The van der Waals surface area contributed by atoms with Gasteiger partial charge in [-0.15, -0.1) is 0 Å². The second-order valence-corrected chi connectivity index (χ2v) is 11.2. The molecule has 0 bridgehead atoms. The van der Waals surface area contributed by atoms with Crippen LogP contribution in [0.2, 0.25) is 0 Å². The van der Waals surface area contributed by atoms with E-state index >= 15 is 0 Å². The van der Waals surface area contributed by atoms with Crippen LogP contribution in [0, 0.1) is 0 Å². The first kappa shape index (κ1) is 33.2. The van der Waals surface area contributed by atoms with Crippen LogP contribution in [0.3, 0.4) is 0 Å². The van der Waals surface area contributed by atoms with Gasteiger partial charge in [0, 0.05) is 23.5 Å². The molecule has 0 spiro atoms. The van der Waals surface area contributed by atoms with E-state index in [-0.39, 0.29) is 13.0 Å². The molecule has 2 aromatic carbocycles. The van der Waals surface area contributed by atoms with Gasteiger partial charge in [0.05, 0.1) is 0 Å². The molecule has 0 N–H and O–H groups in total. The molecular weight excluding hydrogens is 534 g/mol. The van der Waals surface area contributed by atoms with Crippen LogP contribution in [0.5, 0.6) is 11.5 Å². The lowest BCUT2D eigenvalue weighted by Gasteiger charge is -2.18. The van der Waals surface area contributed by atoms with E-state index < -0.39 is 17.8 Å². The van der Waals surface area contributed by atoms with E-state index in [1.807, 2.05) is 12.1 Å². The Balaban J connectivity index is 1.48. The summed E-state index contributed by atoms with van der Waals surface area (Å²) in [5.41, 5.74) is 0.447. The summed E-state index contributed by atoms with van der Waals surface area (Å²) in [5, 5.41) is 0. The number of esters is 1. The van der Waals surface area contributed by atoms with Crippen LogP contribution < -0.4 is 9.47 Å². The van der Waals surface area contributed by atoms with Crippen LogP contribution in [0.1, 0.15) is 97.8 Å². The third-order valence-corrected chi connectivity index (χ3v) is 7.39. The summed E-state index contributed by atoms with van der Waals surface area (Å²) in [6.07, 6.45) is 13.5. The summed E-state index contributed by atoms with van der Waals surface area (Å²) in [6.45, 7) is 5.65. The van der Waals surface area contributed by atoms with Crippen molar-refractivity contribution in [2.24, 2.45) is 0 Å². The number of carbonyl (C=O) groups excluding carboxylic acids is 1. The van der Waals surface area contributed by atoms with Crippen LogP contribution in [-0.4, -0.2) is 34.4 Å². The first-order valence-electron chi connectivity index (χ1n) is 15.5. The van der Waals surface area contributed by atoms with Gasteiger partial charge in [0.2, 0.25) is 5.67 Å². The van der Waals surface area contributed by atoms with E-state index in [4.69, 9.17) is 9.47 Å². The molecular formula is C35H46F2N2O3. The van der Waals surface area contributed by atoms with Crippen LogP contribution in [0.25, 0.3) is 22.5 Å². The third-order valence-electron chi connectivity index (χ3n) is 7.39. The largest absolute Gasteiger partial charge is 0.491 e. The number of aromatic nitrogens is 2. The molecule has 0 saturated carbocycles. The van der Waals surface area contributed by atoms with Gasteiger partial charge in [0.1, 0.15) is 24.3 Å². The minimum atomic E-state index is -2.01. The summed E-state index contributed by atoms with van der Waals surface area (Å²) < 4.78 is 39.9. The van der Waals surface area contributed by atoms with E-state index in [1.165, 1.54) is 19.8 Å². The zero-order chi connectivity index (χ0) is 30.2. The van der Waals surface area contributed by atoms with E-state index in [0.29, 0.717) is 30.2 Å². The summed E-state index contributed by atoms with van der Waals surface area (Å²) in [5.74, 6) is 0.608. The van der Waals surface area contributed by atoms with Crippen molar-refractivity contribution in [1.29, 1.82) is 0 Å². The Morgan fingerprint density at radius 2 is 1.31 bits per heavy atom. The quantitative estimate of drug-likeness (QED) is 0.0802. The van der Waals surface area contributed by atoms with Gasteiger partial charge in [0.25, 0.3) is 0 Å². The number of benzene rings is 2. The van der Waals surface area contributed by atoms with Gasteiger partial charge >= 0.3 is 5.97 Å². The average Bonchev–Trinajstić information content (AvgIpc) is 3.01.